The summed E-state index contributed by atoms with van der Waals surface area (Å²) >= 11 is 0. The molecule has 0 bridgehead atoms. The van der Waals surface area contributed by atoms with Gasteiger partial charge in [0.05, 0.1) is 0 Å². The summed E-state index contributed by atoms with van der Waals surface area (Å²) in [4.78, 5) is 9.31. The standard InChI is InChI=1S/C17H32N4/c1-8-18-14-11-15(19-13(4)10-9-12(2)3)21-16(20-14)17(5,6)7/h11-13H,8-10H2,1-7H3,(H2,18,19,20,21). The van der Waals surface area contributed by atoms with E-state index < -0.39 is 0 Å². The minimum Gasteiger partial charge on any atom is -0.370 e. The summed E-state index contributed by atoms with van der Waals surface area (Å²) in [5.74, 6) is 3.43. The highest BCUT2D eigenvalue weighted by atomic mass is 15.1. The second kappa shape index (κ2) is 7.62. The van der Waals surface area contributed by atoms with E-state index in [-0.39, 0.29) is 5.41 Å². The largest absolute Gasteiger partial charge is 0.370 e. The van der Waals surface area contributed by atoms with E-state index in [9.17, 15) is 0 Å². The summed E-state index contributed by atoms with van der Waals surface area (Å²) in [5, 5.41) is 6.81. The van der Waals surface area contributed by atoms with Crippen molar-refractivity contribution in [3.63, 3.8) is 0 Å². The molecule has 1 heterocycles. The summed E-state index contributed by atoms with van der Waals surface area (Å²) in [7, 11) is 0. The van der Waals surface area contributed by atoms with E-state index in [0.717, 1.165) is 36.3 Å². The molecule has 4 nitrogen and oxygen atoms in total. The molecule has 1 aromatic rings. The van der Waals surface area contributed by atoms with Crippen molar-refractivity contribution >= 4 is 11.6 Å². The molecule has 1 atom stereocenters. The molecule has 0 amide bonds. The van der Waals surface area contributed by atoms with Gasteiger partial charge >= 0.3 is 0 Å². The van der Waals surface area contributed by atoms with Crippen LogP contribution in [0.25, 0.3) is 0 Å². The molecular formula is C17H32N4. The molecular weight excluding hydrogens is 260 g/mol. The van der Waals surface area contributed by atoms with E-state index in [4.69, 9.17) is 4.98 Å². The summed E-state index contributed by atoms with van der Waals surface area (Å²) in [6.45, 7) is 16.1. The van der Waals surface area contributed by atoms with Crippen molar-refractivity contribution in [2.45, 2.75) is 72.8 Å². The van der Waals surface area contributed by atoms with Crippen molar-refractivity contribution < 1.29 is 0 Å². The van der Waals surface area contributed by atoms with Gasteiger partial charge < -0.3 is 10.6 Å². The maximum absolute atomic E-state index is 4.69. The predicted molar refractivity (Wildman–Crippen MR) is 92.1 cm³/mol. The van der Waals surface area contributed by atoms with Crippen LogP contribution in [0.5, 0.6) is 0 Å². The van der Waals surface area contributed by atoms with Gasteiger partial charge in [-0.25, -0.2) is 9.97 Å². The Kier molecular flexibility index (Phi) is 6.43. The SMILES string of the molecule is CCNc1cc(NC(C)CCC(C)C)nc(C(C)(C)C)n1. The number of aromatic nitrogens is 2. The van der Waals surface area contributed by atoms with Crippen molar-refractivity contribution in [1.82, 2.24) is 9.97 Å². The van der Waals surface area contributed by atoms with E-state index in [2.05, 4.69) is 64.1 Å². The lowest BCUT2D eigenvalue weighted by atomic mass is 9.96. The van der Waals surface area contributed by atoms with Gasteiger partial charge in [-0.15, -0.1) is 0 Å². The van der Waals surface area contributed by atoms with Crippen molar-refractivity contribution in [2.75, 3.05) is 17.2 Å². The van der Waals surface area contributed by atoms with Gasteiger partial charge in [0.15, 0.2) is 0 Å². The molecule has 4 heteroatoms. The predicted octanol–water partition coefficient (Wildman–Crippen LogP) is 4.44. The average Bonchev–Trinajstić information content (AvgIpc) is 2.35. The zero-order valence-corrected chi connectivity index (χ0v) is 14.7. The van der Waals surface area contributed by atoms with Crippen LogP contribution in [0.4, 0.5) is 11.6 Å². The van der Waals surface area contributed by atoms with Crippen LogP contribution in [0.2, 0.25) is 0 Å². The van der Waals surface area contributed by atoms with Gasteiger partial charge in [0.2, 0.25) is 0 Å². The summed E-state index contributed by atoms with van der Waals surface area (Å²) in [5.41, 5.74) is -0.0525. The number of nitrogens with zero attached hydrogens (tertiary/aromatic N) is 2. The maximum atomic E-state index is 4.69. The fourth-order valence-electron chi connectivity index (χ4n) is 2.04. The Morgan fingerprint density at radius 2 is 1.67 bits per heavy atom. The van der Waals surface area contributed by atoms with E-state index in [1.54, 1.807) is 0 Å². The van der Waals surface area contributed by atoms with Gasteiger partial charge in [0.1, 0.15) is 17.5 Å². The smallest absolute Gasteiger partial charge is 0.138 e. The molecule has 1 unspecified atom stereocenters. The van der Waals surface area contributed by atoms with E-state index in [0.29, 0.717) is 6.04 Å². The van der Waals surface area contributed by atoms with Crippen molar-refractivity contribution in [1.29, 1.82) is 0 Å². The van der Waals surface area contributed by atoms with Gasteiger partial charge in [0, 0.05) is 24.1 Å². The Morgan fingerprint density at radius 3 is 2.19 bits per heavy atom. The van der Waals surface area contributed by atoms with Gasteiger partial charge in [-0.2, -0.15) is 0 Å². The summed E-state index contributed by atoms with van der Waals surface area (Å²) in [6, 6.07) is 2.43. The minimum absolute atomic E-state index is 0.0525. The molecule has 0 radical (unpaired) electrons. The Morgan fingerprint density at radius 1 is 1.05 bits per heavy atom. The number of anilines is 2. The molecule has 0 spiro atoms. The van der Waals surface area contributed by atoms with Crippen molar-refractivity contribution in [2.24, 2.45) is 5.92 Å². The van der Waals surface area contributed by atoms with Crippen LogP contribution >= 0.6 is 0 Å². The first-order chi connectivity index (χ1) is 9.72. The molecule has 0 saturated heterocycles. The monoisotopic (exact) mass is 292 g/mol. The molecule has 0 saturated carbocycles. The number of hydrogen-bond acceptors (Lipinski definition) is 4. The van der Waals surface area contributed by atoms with Gasteiger partial charge in [-0.1, -0.05) is 34.6 Å². The third kappa shape index (κ3) is 6.32. The van der Waals surface area contributed by atoms with Gasteiger partial charge in [-0.3, -0.25) is 0 Å². The van der Waals surface area contributed by atoms with Gasteiger partial charge in [-0.05, 0) is 32.6 Å². The molecule has 0 aliphatic carbocycles. The van der Waals surface area contributed by atoms with Crippen LogP contribution in [0.3, 0.4) is 0 Å². The fraction of sp³-hybridized carbons (Fsp3) is 0.765. The summed E-state index contributed by atoms with van der Waals surface area (Å²) in [6.07, 6.45) is 2.38. The molecule has 1 rings (SSSR count). The average molecular weight is 292 g/mol. The van der Waals surface area contributed by atoms with Gasteiger partial charge in [0.25, 0.3) is 0 Å². The zero-order chi connectivity index (χ0) is 16.0. The first-order valence-corrected chi connectivity index (χ1v) is 8.12. The quantitative estimate of drug-likeness (QED) is 0.780. The van der Waals surface area contributed by atoms with Crippen LogP contribution in [0.15, 0.2) is 6.07 Å². The molecule has 120 valence electrons. The molecule has 1 aromatic heterocycles. The molecule has 21 heavy (non-hydrogen) atoms. The maximum Gasteiger partial charge on any atom is 0.138 e. The zero-order valence-electron chi connectivity index (χ0n) is 14.7. The van der Waals surface area contributed by atoms with Crippen molar-refractivity contribution in [3.05, 3.63) is 11.9 Å². The normalized spacial score (nSPS) is 13.3. The number of hydrogen-bond donors (Lipinski definition) is 2. The van der Waals surface area contributed by atoms with Crippen molar-refractivity contribution in [3.8, 4) is 0 Å². The van der Waals surface area contributed by atoms with E-state index in [1.807, 2.05) is 6.07 Å². The fourth-order valence-corrected chi connectivity index (χ4v) is 2.04. The second-order valence-corrected chi connectivity index (χ2v) is 7.26. The number of rotatable bonds is 7. The molecule has 0 fully saturated rings. The Labute approximate surface area is 130 Å². The topological polar surface area (TPSA) is 49.8 Å². The first-order valence-electron chi connectivity index (χ1n) is 8.12. The van der Waals surface area contributed by atoms with Crippen LogP contribution in [-0.4, -0.2) is 22.6 Å². The summed E-state index contributed by atoms with van der Waals surface area (Å²) < 4.78 is 0. The Hall–Kier alpha value is -1.32. The lowest BCUT2D eigenvalue weighted by Gasteiger charge is -2.21. The molecule has 0 aliphatic heterocycles. The highest BCUT2D eigenvalue weighted by Crippen LogP contribution is 2.23. The lowest BCUT2D eigenvalue weighted by molar-refractivity contribution is 0.524. The third-order valence-corrected chi connectivity index (χ3v) is 3.33. The van der Waals surface area contributed by atoms with Crippen LogP contribution in [-0.2, 0) is 5.41 Å². The highest BCUT2D eigenvalue weighted by molar-refractivity contribution is 5.48. The van der Waals surface area contributed by atoms with Crippen LogP contribution in [0.1, 0.15) is 67.1 Å². The Balaban J connectivity index is 2.87. The molecule has 0 aromatic carbocycles. The van der Waals surface area contributed by atoms with Crippen LogP contribution < -0.4 is 10.6 Å². The van der Waals surface area contributed by atoms with E-state index >= 15 is 0 Å². The number of nitrogens with one attached hydrogen (secondary N) is 2. The van der Waals surface area contributed by atoms with Crippen LogP contribution in [0, 0.1) is 5.92 Å². The second-order valence-electron chi connectivity index (χ2n) is 7.26. The lowest BCUT2D eigenvalue weighted by Crippen LogP contribution is -2.21. The highest BCUT2D eigenvalue weighted by Gasteiger charge is 2.19. The third-order valence-electron chi connectivity index (χ3n) is 3.33. The molecule has 2 N–H and O–H groups in total. The minimum atomic E-state index is -0.0525. The first kappa shape index (κ1) is 17.7. The van der Waals surface area contributed by atoms with E-state index in [1.165, 1.54) is 6.42 Å². The Bertz CT molecular complexity index is 435. The molecule has 0 aliphatic rings.